The predicted molar refractivity (Wildman–Crippen MR) is 104 cm³/mol. The zero-order valence-corrected chi connectivity index (χ0v) is 16.5. The molecule has 6 heteroatoms. The van der Waals surface area contributed by atoms with Gasteiger partial charge in [-0.3, -0.25) is 0 Å². The molecule has 0 aromatic heterocycles. The topological polar surface area (TPSA) is 36.9 Å². The van der Waals surface area contributed by atoms with E-state index in [1.807, 2.05) is 58.9 Å². The summed E-state index contributed by atoms with van der Waals surface area (Å²) in [6.07, 6.45) is 0. The molecule has 1 fully saturated rings. The molecule has 27 heavy (non-hydrogen) atoms. The Labute approximate surface area is 160 Å². The maximum atomic E-state index is 13.9. The van der Waals surface area contributed by atoms with Crippen LogP contribution in [-0.4, -0.2) is 24.9 Å². The van der Waals surface area contributed by atoms with Crippen LogP contribution in [0.1, 0.15) is 40.2 Å². The minimum absolute atomic E-state index is 0.273. The van der Waals surface area contributed by atoms with Crippen molar-refractivity contribution in [3.63, 3.8) is 0 Å². The Bertz CT molecular complexity index is 791. The van der Waals surface area contributed by atoms with E-state index in [2.05, 4.69) is 0 Å². The van der Waals surface area contributed by atoms with Gasteiger partial charge in [-0.15, -0.1) is 0 Å². The lowest BCUT2D eigenvalue weighted by atomic mass is 9.76. The molecule has 4 nitrogen and oxygen atoms in total. The number of ether oxygens (including phenoxy) is 2. The molecule has 0 aliphatic carbocycles. The van der Waals surface area contributed by atoms with Gasteiger partial charge >= 0.3 is 7.12 Å². The van der Waals surface area contributed by atoms with Crippen molar-refractivity contribution in [2.75, 3.05) is 6.61 Å². The van der Waals surface area contributed by atoms with Crippen molar-refractivity contribution < 1.29 is 23.2 Å². The van der Waals surface area contributed by atoms with Gasteiger partial charge in [-0.2, -0.15) is 0 Å². The molecule has 0 bridgehead atoms. The second-order valence-electron chi connectivity index (χ2n) is 7.63. The maximum Gasteiger partial charge on any atom is 0.495 e. The van der Waals surface area contributed by atoms with E-state index < -0.39 is 18.3 Å². The highest BCUT2D eigenvalue weighted by Gasteiger charge is 2.52. The number of hydrogen-bond acceptors (Lipinski definition) is 4. The molecule has 0 amide bonds. The van der Waals surface area contributed by atoms with E-state index in [0.717, 1.165) is 11.3 Å². The molecule has 0 saturated carbocycles. The van der Waals surface area contributed by atoms with Crippen molar-refractivity contribution in [3.8, 4) is 11.5 Å². The van der Waals surface area contributed by atoms with Gasteiger partial charge in [0.15, 0.2) is 0 Å². The third kappa shape index (κ3) is 4.28. The molecule has 2 aromatic carbocycles. The fraction of sp³-hybridized carbons (Fsp3) is 0.429. The standard InChI is InChI=1S/C21H26BFO4/c1-6-24-17-8-7-9-18(13-17)25-14-15-10-11-16(23)12-19(15)22-26-20(2,3)21(4,5)27-22/h7-13H,6,14H2,1-5H3. The first kappa shape index (κ1) is 19.7. The van der Waals surface area contributed by atoms with Gasteiger partial charge in [0.1, 0.15) is 23.9 Å². The number of rotatable bonds is 6. The lowest BCUT2D eigenvalue weighted by Gasteiger charge is -2.32. The summed E-state index contributed by atoms with van der Waals surface area (Å²) < 4.78 is 37.5. The zero-order chi connectivity index (χ0) is 19.7. The van der Waals surface area contributed by atoms with Crippen LogP contribution in [0.3, 0.4) is 0 Å². The Morgan fingerprint density at radius 2 is 1.56 bits per heavy atom. The fourth-order valence-electron chi connectivity index (χ4n) is 2.87. The highest BCUT2D eigenvalue weighted by atomic mass is 19.1. The van der Waals surface area contributed by atoms with E-state index in [0.29, 0.717) is 17.8 Å². The van der Waals surface area contributed by atoms with Gasteiger partial charge in [-0.05, 0) is 69.9 Å². The quantitative estimate of drug-likeness (QED) is 0.716. The van der Waals surface area contributed by atoms with Crippen LogP contribution in [0.4, 0.5) is 4.39 Å². The third-order valence-corrected chi connectivity index (χ3v) is 5.13. The van der Waals surface area contributed by atoms with Crippen molar-refractivity contribution in [2.45, 2.75) is 52.4 Å². The SMILES string of the molecule is CCOc1cccc(OCc2ccc(F)cc2B2OC(C)(C)C(C)(C)O2)c1. The molecule has 0 unspecified atom stereocenters. The molecule has 0 atom stereocenters. The van der Waals surface area contributed by atoms with Gasteiger partial charge in [0.2, 0.25) is 0 Å². The molecular formula is C21H26BFO4. The highest BCUT2D eigenvalue weighted by Crippen LogP contribution is 2.36. The van der Waals surface area contributed by atoms with Gasteiger partial charge in [-0.25, -0.2) is 4.39 Å². The van der Waals surface area contributed by atoms with E-state index in [4.69, 9.17) is 18.8 Å². The summed E-state index contributed by atoms with van der Waals surface area (Å²) in [6.45, 7) is 10.7. The Kier molecular flexibility index (Phi) is 5.49. The van der Waals surface area contributed by atoms with E-state index in [1.54, 1.807) is 6.07 Å². The van der Waals surface area contributed by atoms with Crippen LogP contribution >= 0.6 is 0 Å². The second-order valence-corrected chi connectivity index (χ2v) is 7.63. The van der Waals surface area contributed by atoms with Crippen LogP contribution in [0.2, 0.25) is 0 Å². The van der Waals surface area contributed by atoms with E-state index in [1.165, 1.54) is 12.1 Å². The van der Waals surface area contributed by atoms with Gasteiger partial charge in [0.05, 0.1) is 17.8 Å². The van der Waals surface area contributed by atoms with E-state index in [-0.39, 0.29) is 12.4 Å². The third-order valence-electron chi connectivity index (χ3n) is 5.13. The van der Waals surface area contributed by atoms with Gasteiger partial charge < -0.3 is 18.8 Å². The van der Waals surface area contributed by atoms with E-state index >= 15 is 0 Å². The minimum atomic E-state index is -0.640. The Balaban J connectivity index is 1.80. The fourth-order valence-corrected chi connectivity index (χ4v) is 2.87. The molecule has 1 heterocycles. The molecule has 2 aromatic rings. The number of hydrogen-bond donors (Lipinski definition) is 0. The first-order valence-electron chi connectivity index (χ1n) is 9.21. The van der Waals surface area contributed by atoms with Crippen LogP contribution in [-0.2, 0) is 15.9 Å². The van der Waals surface area contributed by atoms with Crippen molar-refractivity contribution >= 4 is 12.6 Å². The average Bonchev–Trinajstić information content (AvgIpc) is 2.82. The van der Waals surface area contributed by atoms with Crippen molar-refractivity contribution in [1.82, 2.24) is 0 Å². The molecule has 0 radical (unpaired) electrons. The Morgan fingerprint density at radius 3 is 2.19 bits per heavy atom. The summed E-state index contributed by atoms with van der Waals surface area (Å²) in [6, 6.07) is 12.0. The normalized spacial score (nSPS) is 17.8. The van der Waals surface area contributed by atoms with Crippen LogP contribution in [0.5, 0.6) is 11.5 Å². The molecule has 0 N–H and O–H groups in total. The summed E-state index contributed by atoms with van der Waals surface area (Å²) in [7, 11) is -0.640. The van der Waals surface area contributed by atoms with Crippen LogP contribution in [0, 0.1) is 5.82 Å². The Hall–Kier alpha value is -2.05. The molecule has 1 saturated heterocycles. The molecular weight excluding hydrogens is 346 g/mol. The lowest BCUT2D eigenvalue weighted by Crippen LogP contribution is -2.41. The van der Waals surface area contributed by atoms with Crippen molar-refractivity contribution in [2.24, 2.45) is 0 Å². The van der Waals surface area contributed by atoms with Crippen LogP contribution in [0.15, 0.2) is 42.5 Å². The summed E-state index contributed by atoms with van der Waals surface area (Å²) in [5.41, 5.74) is 0.480. The van der Waals surface area contributed by atoms with Crippen molar-refractivity contribution in [3.05, 3.63) is 53.8 Å². The molecule has 1 aliphatic rings. The number of halogens is 1. The summed E-state index contributed by atoms with van der Waals surface area (Å²) in [5.74, 6) is 1.10. The monoisotopic (exact) mass is 372 g/mol. The smallest absolute Gasteiger partial charge is 0.494 e. The van der Waals surface area contributed by atoms with E-state index in [9.17, 15) is 4.39 Å². The molecule has 3 rings (SSSR count). The Morgan fingerprint density at radius 1 is 0.926 bits per heavy atom. The lowest BCUT2D eigenvalue weighted by molar-refractivity contribution is 0.00578. The summed E-state index contributed by atoms with van der Waals surface area (Å²) in [5, 5.41) is 0. The molecule has 1 aliphatic heterocycles. The summed E-state index contributed by atoms with van der Waals surface area (Å²) >= 11 is 0. The van der Waals surface area contributed by atoms with Crippen LogP contribution in [0.25, 0.3) is 0 Å². The van der Waals surface area contributed by atoms with Gasteiger partial charge in [-0.1, -0.05) is 12.1 Å². The molecule has 0 spiro atoms. The zero-order valence-electron chi connectivity index (χ0n) is 16.5. The van der Waals surface area contributed by atoms with Crippen LogP contribution < -0.4 is 14.9 Å². The second kappa shape index (κ2) is 7.53. The van der Waals surface area contributed by atoms with Gasteiger partial charge in [0.25, 0.3) is 0 Å². The first-order valence-corrected chi connectivity index (χ1v) is 9.21. The van der Waals surface area contributed by atoms with Crippen molar-refractivity contribution in [1.29, 1.82) is 0 Å². The molecule has 144 valence electrons. The van der Waals surface area contributed by atoms with Gasteiger partial charge in [0, 0.05) is 6.07 Å². The average molecular weight is 372 g/mol. The summed E-state index contributed by atoms with van der Waals surface area (Å²) in [4.78, 5) is 0. The predicted octanol–water partition coefficient (Wildman–Crippen LogP) is 4.10. The highest BCUT2D eigenvalue weighted by molar-refractivity contribution is 6.62. The maximum absolute atomic E-state index is 13.9. The minimum Gasteiger partial charge on any atom is -0.494 e. The number of benzene rings is 2. The first-order chi connectivity index (χ1) is 12.7. The largest absolute Gasteiger partial charge is 0.495 e.